The maximum Gasteiger partial charge on any atom is 0.000956 e. The van der Waals surface area contributed by atoms with E-state index in [4.69, 9.17) is 0 Å². The SMILES string of the molecule is CCC1CCCCN(CCCNC)C1. The molecule has 0 spiro atoms. The van der Waals surface area contributed by atoms with E-state index in [2.05, 4.69) is 17.1 Å². The Morgan fingerprint density at radius 2 is 2.21 bits per heavy atom. The van der Waals surface area contributed by atoms with Gasteiger partial charge in [0, 0.05) is 6.54 Å². The minimum Gasteiger partial charge on any atom is -0.320 e. The fourth-order valence-electron chi connectivity index (χ4n) is 2.33. The van der Waals surface area contributed by atoms with Gasteiger partial charge in [0.15, 0.2) is 0 Å². The highest BCUT2D eigenvalue weighted by molar-refractivity contribution is 4.70. The molecule has 1 saturated heterocycles. The number of likely N-dealkylation sites (tertiary alicyclic amines) is 1. The summed E-state index contributed by atoms with van der Waals surface area (Å²) in [5.74, 6) is 0.965. The van der Waals surface area contributed by atoms with Crippen molar-refractivity contribution in [3.8, 4) is 0 Å². The highest BCUT2D eigenvalue weighted by atomic mass is 15.1. The molecular formula is C12H26N2. The van der Waals surface area contributed by atoms with E-state index in [1.165, 1.54) is 51.7 Å². The first-order chi connectivity index (χ1) is 6.86. The largest absolute Gasteiger partial charge is 0.320 e. The third-order valence-corrected chi connectivity index (χ3v) is 3.33. The predicted molar refractivity (Wildman–Crippen MR) is 62.6 cm³/mol. The predicted octanol–water partition coefficient (Wildman–Crippen LogP) is 2.11. The Bertz CT molecular complexity index is 136. The summed E-state index contributed by atoms with van der Waals surface area (Å²) < 4.78 is 0. The van der Waals surface area contributed by atoms with Crippen LogP contribution in [0, 0.1) is 5.92 Å². The van der Waals surface area contributed by atoms with Crippen molar-refractivity contribution in [3.05, 3.63) is 0 Å². The molecule has 2 heteroatoms. The van der Waals surface area contributed by atoms with Gasteiger partial charge in [-0.15, -0.1) is 0 Å². The Hall–Kier alpha value is -0.0800. The first-order valence-corrected chi connectivity index (χ1v) is 6.23. The molecule has 14 heavy (non-hydrogen) atoms. The van der Waals surface area contributed by atoms with E-state index in [1.54, 1.807) is 0 Å². The number of hydrogen-bond acceptors (Lipinski definition) is 2. The number of hydrogen-bond donors (Lipinski definition) is 1. The maximum atomic E-state index is 3.22. The summed E-state index contributed by atoms with van der Waals surface area (Å²) >= 11 is 0. The Labute approximate surface area is 89.1 Å². The van der Waals surface area contributed by atoms with Crippen molar-refractivity contribution in [2.75, 3.05) is 33.2 Å². The summed E-state index contributed by atoms with van der Waals surface area (Å²) in [6.45, 7) is 7.47. The van der Waals surface area contributed by atoms with E-state index in [0.717, 1.165) is 12.5 Å². The second-order valence-corrected chi connectivity index (χ2v) is 4.53. The van der Waals surface area contributed by atoms with Crippen molar-refractivity contribution in [1.82, 2.24) is 10.2 Å². The number of nitrogens with one attached hydrogen (secondary N) is 1. The highest BCUT2D eigenvalue weighted by Gasteiger charge is 2.15. The Morgan fingerprint density at radius 1 is 1.36 bits per heavy atom. The third-order valence-electron chi connectivity index (χ3n) is 3.33. The molecule has 1 aliphatic rings. The monoisotopic (exact) mass is 198 g/mol. The molecule has 1 fully saturated rings. The van der Waals surface area contributed by atoms with Gasteiger partial charge in [0.05, 0.1) is 0 Å². The van der Waals surface area contributed by atoms with Gasteiger partial charge in [0.25, 0.3) is 0 Å². The third kappa shape index (κ3) is 4.43. The zero-order valence-corrected chi connectivity index (χ0v) is 9.89. The molecule has 0 bridgehead atoms. The molecule has 1 heterocycles. The van der Waals surface area contributed by atoms with Crippen LogP contribution >= 0.6 is 0 Å². The summed E-state index contributed by atoms with van der Waals surface area (Å²) in [5.41, 5.74) is 0. The van der Waals surface area contributed by atoms with Crippen molar-refractivity contribution in [1.29, 1.82) is 0 Å². The molecule has 0 amide bonds. The second kappa shape index (κ2) is 7.24. The lowest BCUT2D eigenvalue weighted by Crippen LogP contribution is -2.30. The summed E-state index contributed by atoms with van der Waals surface area (Å²) in [5, 5.41) is 3.22. The van der Waals surface area contributed by atoms with E-state index < -0.39 is 0 Å². The van der Waals surface area contributed by atoms with E-state index in [1.807, 2.05) is 7.05 Å². The van der Waals surface area contributed by atoms with Gasteiger partial charge < -0.3 is 10.2 Å². The van der Waals surface area contributed by atoms with Crippen molar-refractivity contribution in [2.45, 2.75) is 39.0 Å². The molecule has 1 atom stereocenters. The normalized spacial score (nSPS) is 24.9. The molecule has 0 radical (unpaired) electrons. The molecule has 1 N–H and O–H groups in total. The standard InChI is InChI=1S/C12H26N2/c1-3-12-7-4-5-9-14(11-12)10-6-8-13-2/h12-13H,3-11H2,1-2H3. The average molecular weight is 198 g/mol. The summed E-state index contributed by atoms with van der Waals surface area (Å²) in [4.78, 5) is 2.67. The lowest BCUT2D eigenvalue weighted by Gasteiger charge is -2.23. The van der Waals surface area contributed by atoms with E-state index >= 15 is 0 Å². The molecule has 2 nitrogen and oxygen atoms in total. The van der Waals surface area contributed by atoms with Crippen LogP contribution in [0.25, 0.3) is 0 Å². The van der Waals surface area contributed by atoms with E-state index in [9.17, 15) is 0 Å². The molecule has 84 valence electrons. The summed E-state index contributed by atoms with van der Waals surface area (Å²) in [7, 11) is 2.04. The molecule has 0 aromatic carbocycles. The topological polar surface area (TPSA) is 15.3 Å². The minimum absolute atomic E-state index is 0.965. The maximum absolute atomic E-state index is 3.22. The average Bonchev–Trinajstić information content (AvgIpc) is 2.43. The molecular weight excluding hydrogens is 172 g/mol. The van der Waals surface area contributed by atoms with Gasteiger partial charge in [-0.25, -0.2) is 0 Å². The van der Waals surface area contributed by atoms with Crippen LogP contribution in [-0.4, -0.2) is 38.1 Å². The van der Waals surface area contributed by atoms with Crippen LogP contribution in [0.4, 0.5) is 0 Å². The van der Waals surface area contributed by atoms with Gasteiger partial charge in [-0.05, 0) is 51.9 Å². The van der Waals surface area contributed by atoms with Gasteiger partial charge >= 0.3 is 0 Å². The first-order valence-electron chi connectivity index (χ1n) is 6.23. The molecule has 0 aliphatic carbocycles. The zero-order chi connectivity index (χ0) is 10.2. The van der Waals surface area contributed by atoms with Crippen LogP contribution in [-0.2, 0) is 0 Å². The first kappa shape index (κ1) is 12.0. The highest BCUT2D eigenvalue weighted by Crippen LogP contribution is 2.18. The lowest BCUT2D eigenvalue weighted by molar-refractivity contribution is 0.243. The minimum atomic E-state index is 0.965. The number of nitrogens with zero attached hydrogens (tertiary/aromatic N) is 1. The Morgan fingerprint density at radius 3 is 2.93 bits per heavy atom. The van der Waals surface area contributed by atoms with Crippen LogP contribution in [0.15, 0.2) is 0 Å². The van der Waals surface area contributed by atoms with Crippen LogP contribution in [0.2, 0.25) is 0 Å². The fourth-order valence-corrected chi connectivity index (χ4v) is 2.33. The molecule has 0 aromatic heterocycles. The van der Waals surface area contributed by atoms with Gasteiger partial charge in [-0.3, -0.25) is 0 Å². The second-order valence-electron chi connectivity index (χ2n) is 4.53. The van der Waals surface area contributed by atoms with Crippen molar-refractivity contribution in [3.63, 3.8) is 0 Å². The summed E-state index contributed by atoms with van der Waals surface area (Å²) in [6, 6.07) is 0. The summed E-state index contributed by atoms with van der Waals surface area (Å²) in [6.07, 6.45) is 6.98. The van der Waals surface area contributed by atoms with Crippen LogP contribution < -0.4 is 5.32 Å². The van der Waals surface area contributed by atoms with E-state index in [0.29, 0.717) is 0 Å². The number of rotatable bonds is 5. The molecule has 1 aliphatic heterocycles. The molecule has 1 rings (SSSR count). The smallest absolute Gasteiger partial charge is 0.000956 e. The molecule has 1 unspecified atom stereocenters. The Kier molecular flexibility index (Phi) is 6.20. The van der Waals surface area contributed by atoms with Crippen molar-refractivity contribution >= 4 is 0 Å². The van der Waals surface area contributed by atoms with Crippen molar-refractivity contribution < 1.29 is 0 Å². The van der Waals surface area contributed by atoms with Crippen LogP contribution in [0.5, 0.6) is 0 Å². The molecule has 0 aromatic rings. The van der Waals surface area contributed by atoms with Crippen LogP contribution in [0.3, 0.4) is 0 Å². The van der Waals surface area contributed by atoms with Gasteiger partial charge in [0.2, 0.25) is 0 Å². The fraction of sp³-hybridized carbons (Fsp3) is 1.00. The Balaban J connectivity index is 2.20. The van der Waals surface area contributed by atoms with Gasteiger partial charge in [0.1, 0.15) is 0 Å². The molecule has 0 saturated carbocycles. The van der Waals surface area contributed by atoms with Gasteiger partial charge in [-0.1, -0.05) is 19.8 Å². The van der Waals surface area contributed by atoms with Crippen LogP contribution in [0.1, 0.15) is 39.0 Å². The van der Waals surface area contributed by atoms with Gasteiger partial charge in [-0.2, -0.15) is 0 Å². The van der Waals surface area contributed by atoms with Crippen molar-refractivity contribution in [2.24, 2.45) is 5.92 Å². The van der Waals surface area contributed by atoms with E-state index in [-0.39, 0.29) is 0 Å². The quantitative estimate of drug-likeness (QED) is 0.681. The lowest BCUT2D eigenvalue weighted by atomic mass is 10.0. The zero-order valence-electron chi connectivity index (χ0n) is 9.89.